The molecule has 2 aliphatic rings. The predicted octanol–water partition coefficient (Wildman–Crippen LogP) is 10.1. The third-order valence-corrected chi connectivity index (χ3v) is 12.9. The molecule has 18 heteroatoms. The van der Waals surface area contributed by atoms with Gasteiger partial charge in [-0.05, 0) is 60.7 Å². The van der Waals surface area contributed by atoms with Gasteiger partial charge >= 0.3 is 0 Å². The van der Waals surface area contributed by atoms with Gasteiger partial charge in [0.25, 0.3) is 0 Å². The van der Waals surface area contributed by atoms with Crippen molar-refractivity contribution < 1.29 is 56.8 Å². The molecular formula is C54H52Cl2N4O12. The average Bonchev–Trinajstić information content (AvgIpc) is 4.04. The van der Waals surface area contributed by atoms with Crippen molar-refractivity contribution in [2.24, 2.45) is 20.0 Å². The number of benzene rings is 6. The van der Waals surface area contributed by atoms with E-state index in [2.05, 4.69) is 0 Å². The summed E-state index contributed by atoms with van der Waals surface area (Å²) in [6.07, 6.45) is 0. The van der Waals surface area contributed by atoms with Crippen molar-refractivity contribution in [3.63, 3.8) is 0 Å². The Balaban J connectivity index is 1.63. The van der Waals surface area contributed by atoms with E-state index in [1.807, 2.05) is 36.4 Å². The number of methoxy groups -OCH3 is 12. The minimum atomic E-state index is -1.98. The Kier molecular flexibility index (Phi) is 14.7. The fourth-order valence-electron chi connectivity index (χ4n) is 9.00. The molecule has 0 N–H and O–H groups in total. The summed E-state index contributed by atoms with van der Waals surface area (Å²) in [5.41, 5.74) is 0.178. The normalized spacial score (nSPS) is 14.2. The van der Waals surface area contributed by atoms with Crippen LogP contribution in [0.25, 0.3) is 0 Å². The van der Waals surface area contributed by atoms with Crippen molar-refractivity contribution in [1.29, 1.82) is 0 Å². The second kappa shape index (κ2) is 20.9. The average molecular weight is 1020 g/mol. The highest BCUT2D eigenvalue weighted by Crippen LogP contribution is 2.58. The van der Waals surface area contributed by atoms with Crippen molar-refractivity contribution in [2.45, 2.75) is 11.3 Å². The van der Waals surface area contributed by atoms with E-state index in [1.54, 1.807) is 60.7 Å². The van der Waals surface area contributed by atoms with E-state index >= 15 is 0 Å². The molecule has 2 heterocycles. The van der Waals surface area contributed by atoms with Gasteiger partial charge < -0.3 is 56.8 Å². The lowest BCUT2D eigenvalue weighted by Gasteiger charge is -2.39. The molecule has 0 saturated carbocycles. The van der Waals surface area contributed by atoms with Gasteiger partial charge in [0.1, 0.15) is 0 Å². The monoisotopic (exact) mass is 1020 g/mol. The molecule has 0 spiro atoms. The second-order valence-corrected chi connectivity index (χ2v) is 16.6. The molecular weight excluding hydrogens is 968 g/mol. The van der Waals surface area contributed by atoms with Gasteiger partial charge in [-0.15, -0.1) is 0 Å². The molecule has 8 rings (SSSR count). The topological polar surface area (TPSA) is 160 Å². The summed E-state index contributed by atoms with van der Waals surface area (Å²) in [6, 6.07) is 28.7. The molecule has 0 bridgehead atoms. The largest absolute Gasteiger partial charge is 0.493 e. The Morgan fingerprint density at radius 1 is 0.292 bits per heavy atom. The molecule has 0 amide bonds. The van der Waals surface area contributed by atoms with E-state index in [0.29, 0.717) is 125 Å². The zero-order chi connectivity index (χ0) is 51.5. The molecule has 0 unspecified atom stereocenters. The number of nitrogens with zero attached hydrogens (tertiary/aromatic N) is 4. The zero-order valence-electron chi connectivity index (χ0n) is 41.7. The van der Waals surface area contributed by atoms with Gasteiger partial charge in [0.2, 0.25) is 34.3 Å². The first kappa shape index (κ1) is 50.6. The lowest BCUT2D eigenvalue weighted by molar-refractivity contribution is 0.257. The van der Waals surface area contributed by atoms with Crippen LogP contribution in [0.15, 0.2) is 117 Å². The molecule has 374 valence electrons. The standard InChI is InChI=1S/C54H52Cl2N4O12/c1-61-37-21-29(22-38(62-2)49(37)69-9)45-46(30-23-39(63-3)50(70-10)40(24-30)64-4)58-53(57-45,33-17-13-15-19-35(33)55)54(34-18-14-16-20-36(34)56)59-47(31-25-41(65-5)51(71-11)42(26-31)66-6)48(60-54)32-27-43(67-7)52(72-12)44(28-32)68-8/h13-28H,1-12H3. The van der Waals surface area contributed by atoms with Crippen LogP contribution in [0.3, 0.4) is 0 Å². The first-order valence-electron chi connectivity index (χ1n) is 22.0. The van der Waals surface area contributed by atoms with Crippen LogP contribution in [0.2, 0.25) is 10.0 Å². The van der Waals surface area contributed by atoms with Crippen molar-refractivity contribution in [3.8, 4) is 69.0 Å². The van der Waals surface area contributed by atoms with Crippen LogP contribution < -0.4 is 56.8 Å². The molecule has 0 radical (unpaired) electrons. The molecule has 72 heavy (non-hydrogen) atoms. The fraction of sp³-hybridized carbons (Fsp3) is 0.259. The van der Waals surface area contributed by atoms with E-state index in [-0.39, 0.29) is 10.0 Å². The SMILES string of the molecule is COc1cc(C2=NC(c3ccccc3Cl)(C3(c4ccccc4Cl)N=C(c4cc(OC)c(OC)c(OC)c4)C(c4cc(OC)c(OC)c(OC)c4)=N3)N=C2c2cc(OC)c(OC)c(OC)c2)cc(OC)c1OC. The molecule has 6 aromatic carbocycles. The lowest BCUT2D eigenvalue weighted by atomic mass is 9.82. The van der Waals surface area contributed by atoms with Crippen LogP contribution >= 0.6 is 23.2 Å². The number of hydrogen-bond donors (Lipinski definition) is 0. The summed E-state index contributed by atoms with van der Waals surface area (Å²) in [4.78, 5) is 23.2. The molecule has 6 aromatic rings. The molecule has 2 aliphatic heterocycles. The van der Waals surface area contributed by atoms with Crippen LogP contribution in [0.1, 0.15) is 33.4 Å². The van der Waals surface area contributed by atoms with Crippen LogP contribution in [0.4, 0.5) is 0 Å². The van der Waals surface area contributed by atoms with Crippen LogP contribution in [0, 0.1) is 0 Å². The summed E-state index contributed by atoms with van der Waals surface area (Å²) < 4.78 is 70.5. The minimum Gasteiger partial charge on any atom is -0.493 e. The highest BCUT2D eigenvalue weighted by Gasteiger charge is 2.62. The molecule has 0 fully saturated rings. The van der Waals surface area contributed by atoms with E-state index in [0.717, 1.165) is 0 Å². The fourth-order valence-corrected chi connectivity index (χ4v) is 9.54. The lowest BCUT2D eigenvalue weighted by Crippen LogP contribution is -2.43. The smallest absolute Gasteiger partial charge is 0.227 e. The van der Waals surface area contributed by atoms with Crippen LogP contribution in [-0.2, 0) is 11.3 Å². The van der Waals surface area contributed by atoms with Crippen molar-refractivity contribution in [1.82, 2.24) is 0 Å². The summed E-state index contributed by atoms with van der Waals surface area (Å²) in [5.74, 6) is 4.21. The maximum atomic E-state index is 7.48. The predicted molar refractivity (Wildman–Crippen MR) is 277 cm³/mol. The number of rotatable bonds is 19. The van der Waals surface area contributed by atoms with Gasteiger partial charge in [0, 0.05) is 43.4 Å². The van der Waals surface area contributed by atoms with E-state index in [4.69, 9.17) is 100 Å². The van der Waals surface area contributed by atoms with E-state index in [9.17, 15) is 0 Å². The number of ether oxygens (including phenoxy) is 12. The number of aliphatic imine (C=N–C) groups is 4. The molecule has 0 aromatic heterocycles. The van der Waals surface area contributed by atoms with Gasteiger partial charge in [-0.2, -0.15) is 0 Å². The summed E-state index contributed by atoms with van der Waals surface area (Å²) in [5, 5.41) is 0.570. The summed E-state index contributed by atoms with van der Waals surface area (Å²) in [7, 11) is 18.4. The van der Waals surface area contributed by atoms with Crippen molar-refractivity contribution in [3.05, 3.63) is 140 Å². The van der Waals surface area contributed by atoms with Crippen LogP contribution in [-0.4, -0.2) is 108 Å². The Labute approximate surface area is 427 Å². The second-order valence-electron chi connectivity index (χ2n) is 15.8. The highest BCUT2D eigenvalue weighted by molar-refractivity contribution is 6.56. The third kappa shape index (κ3) is 8.33. The van der Waals surface area contributed by atoms with Gasteiger partial charge in [0.15, 0.2) is 46.0 Å². The Hall–Kier alpha value is -7.82. The minimum absolute atomic E-state index is 0.285. The first-order chi connectivity index (χ1) is 34.9. The highest BCUT2D eigenvalue weighted by atomic mass is 35.5. The van der Waals surface area contributed by atoms with Gasteiger partial charge in [-0.3, -0.25) is 0 Å². The Bertz CT molecular complexity index is 2720. The third-order valence-electron chi connectivity index (χ3n) is 12.3. The summed E-state index contributed by atoms with van der Waals surface area (Å²) in [6.45, 7) is 0. The molecule has 0 saturated heterocycles. The Morgan fingerprint density at radius 3 is 0.653 bits per heavy atom. The first-order valence-corrected chi connectivity index (χ1v) is 22.8. The quantitative estimate of drug-likeness (QED) is 0.0757. The molecule has 0 atom stereocenters. The van der Waals surface area contributed by atoms with Gasteiger partial charge in [-0.1, -0.05) is 59.6 Å². The maximum absolute atomic E-state index is 7.48. The van der Waals surface area contributed by atoms with Crippen molar-refractivity contribution in [2.75, 3.05) is 85.3 Å². The van der Waals surface area contributed by atoms with Crippen molar-refractivity contribution >= 4 is 46.0 Å². The number of hydrogen-bond acceptors (Lipinski definition) is 16. The Morgan fingerprint density at radius 2 is 0.486 bits per heavy atom. The van der Waals surface area contributed by atoms with Gasteiger partial charge in [0.05, 0.1) is 108 Å². The number of halogens is 2. The maximum Gasteiger partial charge on any atom is 0.227 e. The van der Waals surface area contributed by atoms with E-state index in [1.165, 1.54) is 85.3 Å². The van der Waals surface area contributed by atoms with Crippen LogP contribution in [0.5, 0.6) is 69.0 Å². The van der Waals surface area contributed by atoms with E-state index < -0.39 is 11.3 Å². The molecule has 0 aliphatic carbocycles. The summed E-state index contributed by atoms with van der Waals surface area (Å²) >= 11 is 15.0. The zero-order valence-corrected chi connectivity index (χ0v) is 43.2. The molecule has 16 nitrogen and oxygen atoms in total. The van der Waals surface area contributed by atoms with Gasteiger partial charge in [-0.25, -0.2) is 20.0 Å².